The second-order valence-corrected chi connectivity index (χ2v) is 9.24. The van der Waals surface area contributed by atoms with Crippen LogP contribution in [0.25, 0.3) is 0 Å². The number of carbonyl (C=O) groups excluding carboxylic acids is 1. The summed E-state index contributed by atoms with van der Waals surface area (Å²) >= 11 is 1.40. The molecule has 1 aromatic rings. The number of nitrogens with one attached hydrogen (secondary N) is 1. The van der Waals surface area contributed by atoms with Crippen molar-refractivity contribution in [2.24, 2.45) is 5.92 Å². The van der Waals surface area contributed by atoms with Crippen LogP contribution in [-0.4, -0.2) is 71.4 Å². The molecule has 2 aliphatic heterocycles. The predicted molar refractivity (Wildman–Crippen MR) is 104 cm³/mol. The van der Waals surface area contributed by atoms with Gasteiger partial charge in [-0.05, 0) is 39.0 Å². The number of aromatic nitrogens is 2. The zero-order chi connectivity index (χ0) is 19.2. The molecule has 0 aromatic carbocycles. The summed E-state index contributed by atoms with van der Waals surface area (Å²) in [5.41, 5.74) is -1.23. The van der Waals surface area contributed by atoms with Gasteiger partial charge in [0.1, 0.15) is 6.10 Å². The lowest BCUT2D eigenvalue weighted by Gasteiger charge is -2.53. The summed E-state index contributed by atoms with van der Waals surface area (Å²) in [6.07, 6.45) is 3.27. The minimum Gasteiger partial charge on any atom is -0.388 e. The van der Waals surface area contributed by atoms with E-state index in [9.17, 15) is 9.90 Å². The van der Waals surface area contributed by atoms with Gasteiger partial charge in [-0.25, -0.2) is 0 Å². The number of ether oxygens (including phenoxy) is 1. The maximum atomic E-state index is 12.3. The van der Waals surface area contributed by atoms with E-state index in [-0.39, 0.29) is 11.8 Å². The van der Waals surface area contributed by atoms with Gasteiger partial charge < -0.3 is 25.0 Å². The number of amides is 1. The van der Waals surface area contributed by atoms with Gasteiger partial charge in [-0.3, -0.25) is 4.79 Å². The first-order chi connectivity index (χ1) is 12.8. The molecule has 1 amide bonds. The number of piperidine rings is 1. The number of anilines is 2. The predicted octanol–water partition coefficient (Wildman–Crippen LogP) is 1.01. The lowest BCUT2D eigenvalue weighted by molar-refractivity contribution is -0.198. The van der Waals surface area contributed by atoms with E-state index < -0.39 is 17.2 Å². The summed E-state index contributed by atoms with van der Waals surface area (Å²) in [6.45, 7) is 4.03. The Morgan fingerprint density at radius 3 is 2.63 bits per heavy atom. The van der Waals surface area contributed by atoms with E-state index in [1.54, 1.807) is 0 Å². The third kappa shape index (κ3) is 3.52. The molecule has 0 bridgehead atoms. The molecule has 3 heterocycles. The number of aliphatic hydroxyl groups excluding tert-OH is 1. The largest absolute Gasteiger partial charge is 0.388 e. The normalized spacial score (nSPS) is 30.4. The monoisotopic (exact) mass is 395 g/mol. The molecule has 4 rings (SSSR count). The Morgan fingerprint density at radius 1 is 1.33 bits per heavy atom. The van der Waals surface area contributed by atoms with Crippen LogP contribution in [0.4, 0.5) is 11.1 Å². The minimum absolute atomic E-state index is 0.0797. The lowest BCUT2D eigenvalue weighted by atomic mass is 9.73. The molecule has 1 aromatic heterocycles. The van der Waals surface area contributed by atoms with Gasteiger partial charge in [-0.1, -0.05) is 0 Å². The van der Waals surface area contributed by atoms with Gasteiger partial charge in [0.15, 0.2) is 0 Å². The van der Waals surface area contributed by atoms with Crippen molar-refractivity contribution in [2.45, 2.75) is 56.3 Å². The second-order valence-electron chi connectivity index (χ2n) is 8.51. The summed E-state index contributed by atoms with van der Waals surface area (Å²) in [7, 11) is 3.86. The number of hydrogen-bond acceptors (Lipinski definition) is 8. The van der Waals surface area contributed by atoms with Gasteiger partial charge in [0, 0.05) is 51.2 Å². The SMILES string of the molecule is CN(C)c1nsc(N2CCC3(CC2)OCC[C@](C)(NC(=O)C2CC2)[C@H]3O)n1. The number of nitrogens with zero attached hydrogens (tertiary/aromatic N) is 4. The van der Waals surface area contributed by atoms with E-state index in [0.717, 1.165) is 37.0 Å². The van der Waals surface area contributed by atoms with E-state index in [2.05, 4.69) is 19.6 Å². The van der Waals surface area contributed by atoms with Crippen LogP contribution in [0.5, 0.6) is 0 Å². The molecule has 2 saturated heterocycles. The Bertz CT molecular complexity index is 699. The molecule has 8 nitrogen and oxygen atoms in total. The Hall–Kier alpha value is -1.45. The van der Waals surface area contributed by atoms with Crippen molar-refractivity contribution < 1.29 is 14.6 Å². The van der Waals surface area contributed by atoms with Gasteiger partial charge in [0.05, 0.1) is 11.1 Å². The van der Waals surface area contributed by atoms with Crippen LogP contribution in [0.3, 0.4) is 0 Å². The number of rotatable bonds is 4. The summed E-state index contributed by atoms with van der Waals surface area (Å²) in [6, 6.07) is 0. The van der Waals surface area contributed by atoms with Crippen LogP contribution in [0, 0.1) is 5.92 Å². The molecular formula is C18H29N5O3S. The van der Waals surface area contributed by atoms with Crippen molar-refractivity contribution in [3.63, 3.8) is 0 Å². The zero-order valence-electron chi connectivity index (χ0n) is 16.3. The van der Waals surface area contributed by atoms with E-state index in [1.807, 2.05) is 25.9 Å². The van der Waals surface area contributed by atoms with Crippen LogP contribution in [0.2, 0.25) is 0 Å². The molecule has 27 heavy (non-hydrogen) atoms. The molecule has 1 spiro atoms. The third-order valence-corrected chi connectivity index (χ3v) is 6.92. The topological polar surface area (TPSA) is 90.8 Å². The first-order valence-corrected chi connectivity index (χ1v) is 10.5. The fraction of sp³-hybridized carbons (Fsp3) is 0.833. The fourth-order valence-electron chi connectivity index (χ4n) is 4.13. The first-order valence-electron chi connectivity index (χ1n) is 9.73. The zero-order valence-corrected chi connectivity index (χ0v) is 17.1. The van der Waals surface area contributed by atoms with Crippen molar-refractivity contribution >= 4 is 28.5 Å². The average Bonchev–Trinajstić information content (AvgIpc) is 3.37. The van der Waals surface area contributed by atoms with Gasteiger partial charge in [-0.15, -0.1) is 0 Å². The minimum atomic E-state index is -0.713. The highest BCUT2D eigenvalue weighted by molar-refractivity contribution is 7.09. The lowest BCUT2D eigenvalue weighted by Crippen LogP contribution is -2.69. The van der Waals surface area contributed by atoms with Crippen LogP contribution in [0.1, 0.15) is 39.0 Å². The summed E-state index contributed by atoms with van der Waals surface area (Å²) in [5.74, 6) is 0.939. The summed E-state index contributed by atoms with van der Waals surface area (Å²) in [5, 5.41) is 15.2. The Kier molecular flexibility index (Phi) is 4.80. The number of carbonyl (C=O) groups is 1. The van der Waals surface area contributed by atoms with Crippen molar-refractivity contribution in [1.82, 2.24) is 14.7 Å². The smallest absolute Gasteiger partial charge is 0.238 e. The Morgan fingerprint density at radius 2 is 2.04 bits per heavy atom. The second kappa shape index (κ2) is 6.86. The van der Waals surface area contributed by atoms with Crippen LogP contribution in [0.15, 0.2) is 0 Å². The molecule has 1 saturated carbocycles. The molecule has 0 unspecified atom stereocenters. The van der Waals surface area contributed by atoms with Crippen molar-refractivity contribution in [3.05, 3.63) is 0 Å². The number of hydrogen-bond donors (Lipinski definition) is 2. The first kappa shape index (κ1) is 18.9. The number of aliphatic hydroxyl groups is 1. The van der Waals surface area contributed by atoms with Crippen molar-refractivity contribution in [3.8, 4) is 0 Å². The molecule has 9 heteroatoms. The molecular weight excluding hydrogens is 366 g/mol. The van der Waals surface area contributed by atoms with Crippen LogP contribution < -0.4 is 15.1 Å². The van der Waals surface area contributed by atoms with Crippen molar-refractivity contribution in [2.75, 3.05) is 43.6 Å². The van der Waals surface area contributed by atoms with Crippen LogP contribution in [-0.2, 0) is 9.53 Å². The van der Waals surface area contributed by atoms with Gasteiger partial charge in [-0.2, -0.15) is 9.36 Å². The Labute approximate surface area is 164 Å². The highest BCUT2D eigenvalue weighted by atomic mass is 32.1. The summed E-state index contributed by atoms with van der Waals surface area (Å²) in [4.78, 5) is 21.0. The highest BCUT2D eigenvalue weighted by Crippen LogP contribution is 2.41. The average molecular weight is 396 g/mol. The Balaban J connectivity index is 1.43. The van der Waals surface area contributed by atoms with Gasteiger partial charge >= 0.3 is 0 Å². The quantitative estimate of drug-likeness (QED) is 0.786. The maximum absolute atomic E-state index is 12.3. The van der Waals surface area contributed by atoms with Crippen LogP contribution >= 0.6 is 11.5 Å². The van der Waals surface area contributed by atoms with Gasteiger partial charge in [0.25, 0.3) is 0 Å². The molecule has 3 fully saturated rings. The van der Waals surface area contributed by atoms with E-state index >= 15 is 0 Å². The highest BCUT2D eigenvalue weighted by Gasteiger charge is 2.54. The molecule has 150 valence electrons. The molecule has 3 aliphatic rings. The maximum Gasteiger partial charge on any atom is 0.238 e. The molecule has 0 radical (unpaired) electrons. The third-order valence-electron chi connectivity index (χ3n) is 6.15. The van der Waals surface area contributed by atoms with Crippen molar-refractivity contribution in [1.29, 1.82) is 0 Å². The fourth-order valence-corrected chi connectivity index (χ4v) is 4.92. The van der Waals surface area contributed by atoms with E-state index in [1.165, 1.54) is 11.5 Å². The standard InChI is InChI=1S/C18H29N5O3S/c1-17(20-13(24)12-4-5-12)8-11-26-18(14(17)25)6-9-23(10-7-18)16-19-15(21-27-16)22(2)3/h12,14,25H,4-11H2,1-3H3,(H,20,24)/t14-,17+/m1/s1. The molecule has 1 aliphatic carbocycles. The molecule has 2 N–H and O–H groups in total. The van der Waals surface area contributed by atoms with E-state index in [4.69, 9.17) is 4.74 Å². The summed E-state index contributed by atoms with van der Waals surface area (Å²) < 4.78 is 10.5. The van der Waals surface area contributed by atoms with E-state index in [0.29, 0.717) is 25.9 Å². The van der Waals surface area contributed by atoms with Gasteiger partial charge in [0.2, 0.25) is 17.0 Å². The molecule has 2 atom stereocenters.